The van der Waals surface area contributed by atoms with E-state index in [9.17, 15) is 4.79 Å². The van der Waals surface area contributed by atoms with Crippen LogP contribution in [0.1, 0.15) is 40.9 Å². The second-order valence-electron chi connectivity index (χ2n) is 7.50. The van der Waals surface area contributed by atoms with Crippen LogP contribution in [-0.4, -0.2) is 27.9 Å². The Labute approximate surface area is 164 Å². The Morgan fingerprint density at radius 3 is 2.96 bits per heavy atom. The van der Waals surface area contributed by atoms with Crippen LogP contribution in [0.5, 0.6) is 5.75 Å². The molecule has 1 aliphatic carbocycles. The molecule has 2 aromatic heterocycles. The van der Waals surface area contributed by atoms with Gasteiger partial charge in [0.1, 0.15) is 18.0 Å². The fourth-order valence-electron chi connectivity index (χ4n) is 3.91. The highest BCUT2D eigenvalue weighted by Crippen LogP contribution is 2.26. The number of rotatable bonds is 6. The fourth-order valence-corrected chi connectivity index (χ4v) is 3.91. The molecule has 0 aliphatic heterocycles. The summed E-state index contributed by atoms with van der Waals surface area (Å²) in [5.41, 5.74) is 9.25. The molecule has 28 heavy (non-hydrogen) atoms. The van der Waals surface area contributed by atoms with Gasteiger partial charge in [-0.05, 0) is 56.0 Å². The molecule has 2 unspecified atom stereocenters. The van der Waals surface area contributed by atoms with Gasteiger partial charge in [-0.1, -0.05) is 24.6 Å². The maximum atomic E-state index is 12.8. The topological polar surface area (TPSA) is 81.6 Å². The van der Waals surface area contributed by atoms with Crippen LogP contribution >= 0.6 is 0 Å². The van der Waals surface area contributed by atoms with Crippen LogP contribution in [0.2, 0.25) is 0 Å². The predicted octanol–water partition coefficient (Wildman–Crippen LogP) is 3.08. The Balaban J connectivity index is 1.47. The summed E-state index contributed by atoms with van der Waals surface area (Å²) in [6, 6.07) is 11.5. The molecule has 1 aromatic carbocycles. The number of amides is 1. The van der Waals surface area contributed by atoms with Crippen molar-refractivity contribution < 1.29 is 9.53 Å². The number of aryl methyl sites for hydroxylation is 1. The summed E-state index contributed by atoms with van der Waals surface area (Å²) in [4.78, 5) is 17.4. The quantitative estimate of drug-likeness (QED) is 0.691. The van der Waals surface area contributed by atoms with Crippen molar-refractivity contribution in [2.24, 2.45) is 11.7 Å². The first-order valence-electron chi connectivity index (χ1n) is 9.81. The fraction of sp³-hybridized carbons (Fsp3) is 0.364. The molecule has 2 heterocycles. The lowest BCUT2D eigenvalue weighted by Gasteiger charge is -2.20. The summed E-state index contributed by atoms with van der Waals surface area (Å²) in [5.74, 6) is 0.820. The highest BCUT2D eigenvalue weighted by Gasteiger charge is 2.28. The Bertz CT molecular complexity index is 982. The van der Waals surface area contributed by atoms with Crippen molar-refractivity contribution in [1.29, 1.82) is 0 Å². The van der Waals surface area contributed by atoms with Gasteiger partial charge in [0.05, 0.1) is 11.3 Å². The van der Waals surface area contributed by atoms with E-state index in [-0.39, 0.29) is 11.9 Å². The molecule has 2 atom stereocenters. The van der Waals surface area contributed by atoms with Gasteiger partial charge in [-0.3, -0.25) is 4.79 Å². The Kier molecular flexibility index (Phi) is 5.30. The van der Waals surface area contributed by atoms with Crippen molar-refractivity contribution in [3.63, 3.8) is 0 Å². The van der Waals surface area contributed by atoms with Gasteiger partial charge >= 0.3 is 0 Å². The van der Waals surface area contributed by atoms with Crippen molar-refractivity contribution >= 4 is 11.6 Å². The van der Waals surface area contributed by atoms with E-state index in [4.69, 9.17) is 10.5 Å². The molecule has 1 fully saturated rings. The predicted molar refractivity (Wildman–Crippen MR) is 108 cm³/mol. The number of imidazole rings is 1. The molecule has 6 nitrogen and oxygen atoms in total. The van der Waals surface area contributed by atoms with Gasteiger partial charge in [0, 0.05) is 18.4 Å². The lowest BCUT2D eigenvalue weighted by Crippen LogP contribution is -2.40. The number of fused-ring (bicyclic) bond motifs is 1. The molecule has 6 heteroatoms. The van der Waals surface area contributed by atoms with Crippen LogP contribution in [0.25, 0.3) is 5.65 Å². The Morgan fingerprint density at radius 2 is 2.11 bits per heavy atom. The van der Waals surface area contributed by atoms with E-state index in [1.807, 2.05) is 54.0 Å². The highest BCUT2D eigenvalue weighted by atomic mass is 16.5. The molecule has 1 aliphatic rings. The van der Waals surface area contributed by atoms with Gasteiger partial charge in [0.25, 0.3) is 5.91 Å². The summed E-state index contributed by atoms with van der Waals surface area (Å²) in [6.45, 7) is 2.96. The third-order valence-corrected chi connectivity index (χ3v) is 5.43. The number of nitrogens with zero attached hydrogens (tertiary/aromatic N) is 2. The summed E-state index contributed by atoms with van der Waals surface area (Å²) < 4.78 is 7.95. The molecule has 1 amide bonds. The van der Waals surface area contributed by atoms with Crippen molar-refractivity contribution in [3.05, 3.63) is 65.6 Å². The summed E-state index contributed by atoms with van der Waals surface area (Å²) in [7, 11) is 0. The Hall–Kier alpha value is -2.86. The van der Waals surface area contributed by atoms with Gasteiger partial charge < -0.3 is 20.2 Å². The van der Waals surface area contributed by atoms with Crippen LogP contribution in [0.4, 0.5) is 0 Å². The average molecular weight is 378 g/mol. The van der Waals surface area contributed by atoms with Crippen LogP contribution in [0.3, 0.4) is 0 Å². The monoisotopic (exact) mass is 378 g/mol. The number of nitrogens with two attached hydrogens (primary N) is 1. The molecule has 0 saturated heterocycles. The number of pyridine rings is 1. The number of hydrogen-bond donors (Lipinski definition) is 2. The van der Waals surface area contributed by atoms with Gasteiger partial charge in [0.15, 0.2) is 0 Å². The normalized spacial score (nSPS) is 19.1. The minimum absolute atomic E-state index is 0.105. The number of carbonyl (C=O) groups excluding carboxylic acids is 1. The smallest absolute Gasteiger partial charge is 0.255 e. The standard InChI is InChI=1S/C22H26N4O2/c1-15-9-10-21-24-17(13-26(21)12-15)14-28-20-8-3-2-6-18(20)22(27)25-19-7-4-5-16(19)11-23/h2-3,6,8-10,12-13,16,19H,4-5,7,11,14,23H2,1H3,(H,25,27). The van der Waals surface area contributed by atoms with Crippen molar-refractivity contribution in [2.45, 2.75) is 38.8 Å². The van der Waals surface area contributed by atoms with Crippen LogP contribution in [0, 0.1) is 12.8 Å². The van der Waals surface area contributed by atoms with Crippen molar-refractivity contribution in [2.75, 3.05) is 6.54 Å². The Morgan fingerprint density at radius 1 is 1.25 bits per heavy atom. The molecular formula is C22H26N4O2. The van der Waals surface area contributed by atoms with Crippen LogP contribution in [0.15, 0.2) is 48.8 Å². The van der Waals surface area contributed by atoms with E-state index in [1.165, 1.54) is 5.56 Å². The molecular weight excluding hydrogens is 352 g/mol. The minimum Gasteiger partial charge on any atom is -0.486 e. The number of nitrogens with one attached hydrogen (secondary N) is 1. The zero-order valence-corrected chi connectivity index (χ0v) is 16.1. The number of para-hydroxylation sites is 1. The molecule has 1 saturated carbocycles. The SMILES string of the molecule is Cc1ccc2nc(COc3ccccc3C(=O)NC3CCCC3CN)cn2c1. The molecule has 0 spiro atoms. The van der Waals surface area contributed by atoms with Crippen molar-refractivity contribution in [1.82, 2.24) is 14.7 Å². The summed E-state index contributed by atoms with van der Waals surface area (Å²) in [6.07, 6.45) is 7.15. The molecule has 0 bridgehead atoms. The molecule has 3 aromatic rings. The summed E-state index contributed by atoms with van der Waals surface area (Å²) >= 11 is 0. The largest absolute Gasteiger partial charge is 0.486 e. The van der Waals surface area contributed by atoms with E-state index in [0.717, 1.165) is 30.6 Å². The second kappa shape index (κ2) is 8.02. The molecule has 0 radical (unpaired) electrons. The van der Waals surface area contributed by atoms with Crippen molar-refractivity contribution in [3.8, 4) is 5.75 Å². The zero-order chi connectivity index (χ0) is 19.5. The van der Waals surface area contributed by atoms with Gasteiger partial charge in [-0.15, -0.1) is 0 Å². The lowest BCUT2D eigenvalue weighted by atomic mass is 10.0. The van der Waals surface area contributed by atoms with Crippen LogP contribution < -0.4 is 15.8 Å². The maximum absolute atomic E-state index is 12.8. The summed E-state index contributed by atoms with van der Waals surface area (Å²) in [5, 5.41) is 3.14. The third-order valence-electron chi connectivity index (χ3n) is 5.43. The number of carbonyl (C=O) groups is 1. The highest BCUT2D eigenvalue weighted by molar-refractivity contribution is 5.97. The molecule has 4 rings (SSSR count). The van der Waals surface area contributed by atoms with Crippen LogP contribution in [-0.2, 0) is 6.61 Å². The van der Waals surface area contributed by atoms with E-state index in [2.05, 4.69) is 10.3 Å². The van der Waals surface area contributed by atoms with Gasteiger partial charge in [0.2, 0.25) is 0 Å². The zero-order valence-electron chi connectivity index (χ0n) is 16.1. The van der Waals surface area contributed by atoms with E-state index in [1.54, 1.807) is 6.07 Å². The first-order valence-corrected chi connectivity index (χ1v) is 9.81. The number of aromatic nitrogens is 2. The maximum Gasteiger partial charge on any atom is 0.255 e. The van der Waals surface area contributed by atoms with Gasteiger partial charge in [-0.25, -0.2) is 4.98 Å². The van der Waals surface area contributed by atoms with E-state index < -0.39 is 0 Å². The van der Waals surface area contributed by atoms with Gasteiger partial charge in [-0.2, -0.15) is 0 Å². The first kappa shape index (κ1) is 18.5. The number of benzene rings is 1. The average Bonchev–Trinajstić information content (AvgIpc) is 3.32. The first-order chi connectivity index (χ1) is 13.6. The third kappa shape index (κ3) is 3.87. The second-order valence-corrected chi connectivity index (χ2v) is 7.50. The minimum atomic E-state index is -0.105. The lowest BCUT2D eigenvalue weighted by molar-refractivity contribution is 0.0924. The molecule has 146 valence electrons. The van der Waals surface area contributed by atoms with E-state index >= 15 is 0 Å². The van der Waals surface area contributed by atoms with E-state index in [0.29, 0.717) is 30.4 Å². The number of hydrogen-bond acceptors (Lipinski definition) is 4. The molecule has 3 N–H and O–H groups in total. The number of ether oxygens (including phenoxy) is 1.